The SMILES string of the molecule is CNCC(=O)N(Cc1cccc(Cl)c1)C1CC1. The number of carbonyl (C=O) groups excluding carboxylic acids is 1. The zero-order valence-electron chi connectivity index (χ0n) is 9.95. The Morgan fingerprint density at radius 2 is 2.29 bits per heavy atom. The molecule has 0 radical (unpaired) electrons. The zero-order chi connectivity index (χ0) is 12.3. The third kappa shape index (κ3) is 3.45. The standard InChI is InChI=1S/C13H17ClN2O/c1-15-8-13(17)16(12-5-6-12)9-10-3-2-4-11(14)7-10/h2-4,7,12,15H,5-6,8-9H2,1H3. The third-order valence-corrected chi connectivity index (χ3v) is 3.11. The number of rotatable bonds is 5. The van der Waals surface area contributed by atoms with Crippen molar-refractivity contribution in [1.29, 1.82) is 0 Å². The lowest BCUT2D eigenvalue weighted by molar-refractivity contribution is -0.131. The first-order valence-electron chi connectivity index (χ1n) is 5.89. The van der Waals surface area contributed by atoms with Crippen molar-refractivity contribution in [3.05, 3.63) is 34.9 Å². The van der Waals surface area contributed by atoms with E-state index in [4.69, 9.17) is 11.6 Å². The first-order valence-corrected chi connectivity index (χ1v) is 6.27. The molecule has 1 aromatic carbocycles. The molecule has 1 N–H and O–H groups in total. The number of hydrogen-bond donors (Lipinski definition) is 1. The van der Waals surface area contributed by atoms with Gasteiger partial charge in [0.1, 0.15) is 0 Å². The van der Waals surface area contributed by atoms with Gasteiger partial charge in [-0.15, -0.1) is 0 Å². The van der Waals surface area contributed by atoms with Crippen molar-refractivity contribution in [1.82, 2.24) is 10.2 Å². The molecule has 0 atom stereocenters. The van der Waals surface area contributed by atoms with Gasteiger partial charge in [0.2, 0.25) is 5.91 Å². The molecule has 3 nitrogen and oxygen atoms in total. The molecular weight excluding hydrogens is 236 g/mol. The van der Waals surface area contributed by atoms with Crippen LogP contribution < -0.4 is 5.32 Å². The van der Waals surface area contributed by atoms with Crippen LogP contribution in [0, 0.1) is 0 Å². The molecular formula is C13H17ClN2O. The van der Waals surface area contributed by atoms with Crippen molar-refractivity contribution in [2.45, 2.75) is 25.4 Å². The van der Waals surface area contributed by atoms with E-state index in [1.54, 1.807) is 7.05 Å². The highest BCUT2D eigenvalue weighted by Gasteiger charge is 2.31. The highest BCUT2D eigenvalue weighted by Crippen LogP contribution is 2.28. The first-order chi connectivity index (χ1) is 8.20. The lowest BCUT2D eigenvalue weighted by Crippen LogP contribution is -2.38. The number of halogens is 1. The normalized spacial score (nSPS) is 14.7. The first kappa shape index (κ1) is 12.4. The molecule has 0 bridgehead atoms. The monoisotopic (exact) mass is 252 g/mol. The maximum absolute atomic E-state index is 11.9. The summed E-state index contributed by atoms with van der Waals surface area (Å²) in [6.45, 7) is 1.06. The van der Waals surface area contributed by atoms with Crippen LogP contribution in [-0.4, -0.2) is 30.4 Å². The molecule has 1 aliphatic rings. The van der Waals surface area contributed by atoms with Gasteiger partial charge in [0.15, 0.2) is 0 Å². The van der Waals surface area contributed by atoms with Crippen molar-refractivity contribution < 1.29 is 4.79 Å². The molecule has 1 aromatic rings. The second kappa shape index (κ2) is 5.52. The summed E-state index contributed by atoms with van der Waals surface area (Å²) < 4.78 is 0. The van der Waals surface area contributed by atoms with E-state index in [9.17, 15) is 4.79 Å². The van der Waals surface area contributed by atoms with Gasteiger partial charge in [-0.25, -0.2) is 0 Å². The van der Waals surface area contributed by atoms with Crippen LogP contribution in [0.25, 0.3) is 0 Å². The Kier molecular flexibility index (Phi) is 4.02. The Morgan fingerprint density at radius 1 is 1.53 bits per heavy atom. The van der Waals surface area contributed by atoms with Gasteiger partial charge in [-0.3, -0.25) is 4.79 Å². The summed E-state index contributed by atoms with van der Waals surface area (Å²) in [5.41, 5.74) is 1.09. The number of amides is 1. The second-order valence-electron chi connectivity index (χ2n) is 4.41. The fourth-order valence-electron chi connectivity index (χ4n) is 1.89. The molecule has 2 rings (SSSR count). The average molecular weight is 253 g/mol. The van der Waals surface area contributed by atoms with Crippen LogP contribution >= 0.6 is 11.6 Å². The van der Waals surface area contributed by atoms with Crippen LogP contribution in [0.1, 0.15) is 18.4 Å². The fraction of sp³-hybridized carbons (Fsp3) is 0.462. The molecule has 0 saturated heterocycles. The lowest BCUT2D eigenvalue weighted by Gasteiger charge is -2.22. The maximum Gasteiger partial charge on any atom is 0.237 e. The number of nitrogens with one attached hydrogen (secondary N) is 1. The molecule has 1 saturated carbocycles. The summed E-state index contributed by atoms with van der Waals surface area (Å²) in [7, 11) is 1.79. The van der Waals surface area contributed by atoms with Gasteiger partial charge in [0.05, 0.1) is 6.54 Å². The number of benzene rings is 1. The van der Waals surface area contributed by atoms with E-state index < -0.39 is 0 Å². The average Bonchev–Trinajstić information content (AvgIpc) is 3.10. The van der Waals surface area contributed by atoms with E-state index >= 15 is 0 Å². The quantitative estimate of drug-likeness (QED) is 0.870. The van der Waals surface area contributed by atoms with E-state index in [1.165, 1.54) is 0 Å². The predicted molar refractivity (Wildman–Crippen MR) is 69.0 cm³/mol. The van der Waals surface area contributed by atoms with Crippen LogP contribution in [0.4, 0.5) is 0 Å². The Morgan fingerprint density at radius 3 is 2.88 bits per heavy atom. The van der Waals surface area contributed by atoms with E-state index in [1.807, 2.05) is 29.2 Å². The van der Waals surface area contributed by atoms with Crippen molar-refractivity contribution in [3.8, 4) is 0 Å². The number of hydrogen-bond acceptors (Lipinski definition) is 2. The minimum absolute atomic E-state index is 0.162. The molecule has 1 fully saturated rings. The van der Waals surface area contributed by atoms with Gasteiger partial charge in [-0.2, -0.15) is 0 Å². The molecule has 0 spiro atoms. The van der Waals surface area contributed by atoms with Crippen molar-refractivity contribution >= 4 is 17.5 Å². The highest BCUT2D eigenvalue weighted by atomic mass is 35.5. The third-order valence-electron chi connectivity index (χ3n) is 2.88. The summed E-state index contributed by atoms with van der Waals surface area (Å²) in [6.07, 6.45) is 2.24. The number of carbonyl (C=O) groups is 1. The van der Waals surface area contributed by atoms with Crippen LogP contribution in [0.3, 0.4) is 0 Å². The molecule has 0 heterocycles. The molecule has 17 heavy (non-hydrogen) atoms. The predicted octanol–water partition coefficient (Wildman–Crippen LogP) is 2.05. The summed E-state index contributed by atoms with van der Waals surface area (Å²) in [4.78, 5) is 13.9. The summed E-state index contributed by atoms with van der Waals surface area (Å²) in [5.74, 6) is 0.162. The van der Waals surface area contributed by atoms with Gasteiger partial charge in [-0.1, -0.05) is 23.7 Å². The molecule has 1 aliphatic carbocycles. The van der Waals surface area contributed by atoms with Crippen LogP contribution in [0.2, 0.25) is 5.02 Å². The fourth-order valence-corrected chi connectivity index (χ4v) is 2.10. The Balaban J connectivity index is 2.05. The molecule has 92 valence electrons. The van der Waals surface area contributed by atoms with Crippen LogP contribution in [0.15, 0.2) is 24.3 Å². The van der Waals surface area contributed by atoms with Crippen molar-refractivity contribution in [3.63, 3.8) is 0 Å². The Bertz CT molecular complexity index is 404. The number of nitrogens with zero attached hydrogens (tertiary/aromatic N) is 1. The van der Waals surface area contributed by atoms with Crippen molar-refractivity contribution in [2.75, 3.05) is 13.6 Å². The Hall–Kier alpha value is -1.06. The van der Waals surface area contributed by atoms with Gasteiger partial charge in [0, 0.05) is 17.6 Å². The molecule has 4 heteroatoms. The summed E-state index contributed by atoms with van der Waals surface area (Å²) in [6, 6.07) is 8.12. The minimum Gasteiger partial charge on any atom is -0.334 e. The molecule has 0 unspecified atom stereocenters. The smallest absolute Gasteiger partial charge is 0.237 e. The van der Waals surface area contributed by atoms with Gasteiger partial charge < -0.3 is 10.2 Å². The van der Waals surface area contributed by atoms with Crippen LogP contribution in [-0.2, 0) is 11.3 Å². The highest BCUT2D eigenvalue weighted by molar-refractivity contribution is 6.30. The largest absolute Gasteiger partial charge is 0.334 e. The van der Waals surface area contributed by atoms with E-state index in [2.05, 4.69) is 5.32 Å². The minimum atomic E-state index is 0.162. The lowest BCUT2D eigenvalue weighted by atomic mass is 10.2. The topological polar surface area (TPSA) is 32.3 Å². The second-order valence-corrected chi connectivity index (χ2v) is 4.85. The summed E-state index contributed by atoms with van der Waals surface area (Å²) in [5, 5.41) is 3.63. The molecule has 0 aliphatic heterocycles. The van der Waals surface area contributed by atoms with Gasteiger partial charge in [0.25, 0.3) is 0 Å². The summed E-state index contributed by atoms with van der Waals surface area (Å²) >= 11 is 5.95. The van der Waals surface area contributed by atoms with Gasteiger partial charge >= 0.3 is 0 Å². The Labute approximate surface area is 107 Å². The van der Waals surface area contributed by atoms with E-state index in [-0.39, 0.29) is 5.91 Å². The zero-order valence-corrected chi connectivity index (χ0v) is 10.7. The van der Waals surface area contributed by atoms with Crippen molar-refractivity contribution in [2.24, 2.45) is 0 Å². The number of likely N-dealkylation sites (N-methyl/N-ethyl adjacent to an activating group) is 1. The van der Waals surface area contributed by atoms with Gasteiger partial charge in [-0.05, 0) is 37.6 Å². The van der Waals surface area contributed by atoms with Crippen LogP contribution in [0.5, 0.6) is 0 Å². The van der Waals surface area contributed by atoms with E-state index in [0.717, 1.165) is 23.4 Å². The van der Waals surface area contributed by atoms with E-state index in [0.29, 0.717) is 19.1 Å². The maximum atomic E-state index is 11.9. The molecule has 0 aromatic heterocycles. The molecule has 1 amide bonds.